The molecule has 1 aromatic rings. The van der Waals surface area contributed by atoms with Gasteiger partial charge in [0.15, 0.2) is 5.96 Å². The van der Waals surface area contributed by atoms with Crippen LogP contribution in [0.25, 0.3) is 0 Å². The van der Waals surface area contributed by atoms with Crippen LogP contribution in [0.15, 0.2) is 23.2 Å². The Kier molecular flexibility index (Phi) is 10.3. The maximum atomic E-state index is 12.6. The predicted molar refractivity (Wildman–Crippen MR) is 124 cm³/mol. The minimum atomic E-state index is -5.24. The number of sulfonamides is 1. The van der Waals surface area contributed by atoms with Gasteiger partial charge in [-0.3, -0.25) is 4.99 Å². The highest BCUT2D eigenvalue weighted by molar-refractivity contribution is 14.0. The summed E-state index contributed by atoms with van der Waals surface area (Å²) in [5.74, 6) is 0.715. The van der Waals surface area contributed by atoms with Crippen LogP contribution in [-0.4, -0.2) is 57.4 Å². The van der Waals surface area contributed by atoms with Gasteiger partial charge in [0, 0.05) is 33.2 Å². The van der Waals surface area contributed by atoms with Gasteiger partial charge in [0.2, 0.25) is 0 Å². The molecule has 1 aliphatic rings. The lowest BCUT2D eigenvalue weighted by atomic mass is 9.98. The van der Waals surface area contributed by atoms with E-state index < -0.39 is 15.5 Å². The Bertz CT molecular complexity index is 803. The monoisotopic (exact) mass is 562 g/mol. The van der Waals surface area contributed by atoms with Gasteiger partial charge in [0.05, 0.1) is 0 Å². The molecule has 6 nitrogen and oxygen atoms in total. The van der Waals surface area contributed by atoms with E-state index in [9.17, 15) is 21.6 Å². The third kappa shape index (κ3) is 7.56. The summed E-state index contributed by atoms with van der Waals surface area (Å²) in [7, 11) is -3.57. The van der Waals surface area contributed by atoms with Crippen LogP contribution >= 0.6 is 24.0 Å². The Morgan fingerprint density at radius 3 is 2.20 bits per heavy atom. The quantitative estimate of drug-likeness (QED) is 0.318. The fourth-order valence-corrected chi connectivity index (χ4v) is 4.48. The second kappa shape index (κ2) is 11.5. The van der Waals surface area contributed by atoms with Crippen LogP contribution in [0, 0.1) is 19.8 Å². The number of hydrogen-bond donors (Lipinski definition) is 2. The lowest BCUT2D eigenvalue weighted by Crippen LogP contribution is -2.47. The van der Waals surface area contributed by atoms with Crippen molar-refractivity contribution in [1.29, 1.82) is 0 Å². The molecule has 0 amide bonds. The third-order valence-corrected chi connectivity index (χ3v) is 6.61. The van der Waals surface area contributed by atoms with E-state index in [0.29, 0.717) is 36.2 Å². The maximum absolute atomic E-state index is 12.6. The first kappa shape index (κ1) is 27.0. The number of alkyl halides is 3. The number of guanidine groups is 1. The van der Waals surface area contributed by atoms with Gasteiger partial charge in [-0.25, -0.2) is 8.42 Å². The second-order valence-corrected chi connectivity index (χ2v) is 9.35. The molecule has 0 aliphatic carbocycles. The van der Waals surface area contributed by atoms with Crippen LogP contribution in [0.5, 0.6) is 0 Å². The first-order valence-corrected chi connectivity index (χ1v) is 11.0. The number of halogens is 4. The van der Waals surface area contributed by atoms with Crippen molar-refractivity contribution in [3.63, 3.8) is 0 Å². The number of aryl methyl sites for hydroxylation is 2. The SMILES string of the molecule is CN=C(NCCc1cc(C)cc(C)c1)NCC1CCN(S(=O)(=O)C(F)(F)F)CC1.I. The minimum Gasteiger partial charge on any atom is -0.356 e. The van der Waals surface area contributed by atoms with Crippen molar-refractivity contribution in [2.75, 3.05) is 33.2 Å². The molecule has 0 aromatic heterocycles. The number of piperidine rings is 1. The molecule has 1 saturated heterocycles. The third-order valence-electron chi connectivity index (χ3n) is 4.98. The molecule has 30 heavy (non-hydrogen) atoms. The molecule has 11 heteroatoms. The summed E-state index contributed by atoms with van der Waals surface area (Å²) in [6, 6.07) is 6.42. The normalized spacial score (nSPS) is 16.8. The van der Waals surface area contributed by atoms with E-state index in [2.05, 4.69) is 47.7 Å². The van der Waals surface area contributed by atoms with Crippen molar-refractivity contribution in [3.05, 3.63) is 34.9 Å². The second-order valence-electron chi connectivity index (χ2n) is 7.42. The summed E-state index contributed by atoms with van der Waals surface area (Å²) in [6.45, 7) is 5.12. The van der Waals surface area contributed by atoms with Crippen molar-refractivity contribution in [1.82, 2.24) is 14.9 Å². The molecule has 0 unspecified atom stereocenters. The Labute approximate surface area is 193 Å². The maximum Gasteiger partial charge on any atom is 0.511 e. The minimum absolute atomic E-state index is 0. The number of nitrogens with zero attached hydrogens (tertiary/aromatic N) is 2. The van der Waals surface area contributed by atoms with E-state index in [0.717, 1.165) is 6.42 Å². The largest absolute Gasteiger partial charge is 0.511 e. The van der Waals surface area contributed by atoms with Gasteiger partial charge in [-0.05, 0) is 44.6 Å². The first-order chi connectivity index (χ1) is 13.5. The molecule has 2 N–H and O–H groups in total. The smallest absolute Gasteiger partial charge is 0.356 e. The fraction of sp³-hybridized carbons (Fsp3) is 0.632. The molecule has 0 saturated carbocycles. The zero-order valence-electron chi connectivity index (χ0n) is 17.4. The van der Waals surface area contributed by atoms with E-state index in [1.165, 1.54) is 16.7 Å². The summed E-state index contributed by atoms with van der Waals surface area (Å²) < 4.78 is 61.3. The van der Waals surface area contributed by atoms with Crippen molar-refractivity contribution in [3.8, 4) is 0 Å². The Morgan fingerprint density at radius 2 is 1.70 bits per heavy atom. The molecule has 0 spiro atoms. The van der Waals surface area contributed by atoms with Gasteiger partial charge in [-0.1, -0.05) is 29.3 Å². The molecule has 1 aromatic carbocycles. The van der Waals surface area contributed by atoms with E-state index >= 15 is 0 Å². The van der Waals surface area contributed by atoms with Gasteiger partial charge in [0.25, 0.3) is 0 Å². The number of nitrogens with one attached hydrogen (secondary N) is 2. The van der Waals surface area contributed by atoms with Crippen LogP contribution in [0.2, 0.25) is 0 Å². The van der Waals surface area contributed by atoms with Gasteiger partial charge < -0.3 is 10.6 Å². The molecular formula is C19H30F3IN4O2S. The van der Waals surface area contributed by atoms with Gasteiger partial charge >= 0.3 is 15.5 Å². The van der Waals surface area contributed by atoms with Gasteiger partial charge in [-0.2, -0.15) is 17.5 Å². The van der Waals surface area contributed by atoms with E-state index in [1.807, 2.05) is 0 Å². The van der Waals surface area contributed by atoms with Crippen molar-refractivity contribution in [2.45, 2.75) is 38.6 Å². The van der Waals surface area contributed by atoms with Crippen molar-refractivity contribution < 1.29 is 21.6 Å². The van der Waals surface area contributed by atoms with E-state index in [-0.39, 0.29) is 43.0 Å². The molecule has 172 valence electrons. The summed E-state index contributed by atoms with van der Waals surface area (Å²) >= 11 is 0. The van der Waals surface area contributed by atoms with E-state index in [4.69, 9.17) is 0 Å². The zero-order valence-corrected chi connectivity index (χ0v) is 20.6. The molecule has 0 atom stereocenters. The highest BCUT2D eigenvalue weighted by atomic mass is 127. The molecule has 1 aliphatic heterocycles. The molecule has 0 radical (unpaired) electrons. The van der Waals surface area contributed by atoms with Crippen LogP contribution in [0.3, 0.4) is 0 Å². The Hall–Kier alpha value is -1.08. The fourth-order valence-electron chi connectivity index (χ4n) is 3.50. The summed E-state index contributed by atoms with van der Waals surface area (Å²) in [4.78, 5) is 4.16. The topological polar surface area (TPSA) is 73.8 Å². The average molecular weight is 562 g/mol. The molecule has 1 fully saturated rings. The number of hydrogen-bond acceptors (Lipinski definition) is 3. The first-order valence-electron chi connectivity index (χ1n) is 9.61. The average Bonchev–Trinajstić information content (AvgIpc) is 2.63. The number of rotatable bonds is 6. The Morgan fingerprint density at radius 1 is 1.13 bits per heavy atom. The van der Waals surface area contributed by atoms with Crippen LogP contribution in [0.4, 0.5) is 13.2 Å². The highest BCUT2D eigenvalue weighted by Crippen LogP contribution is 2.30. The Balaban J connectivity index is 0.00000450. The molecule has 0 bridgehead atoms. The van der Waals surface area contributed by atoms with Gasteiger partial charge in [0.1, 0.15) is 0 Å². The number of benzene rings is 1. The highest BCUT2D eigenvalue weighted by Gasteiger charge is 2.50. The van der Waals surface area contributed by atoms with Crippen LogP contribution in [0.1, 0.15) is 29.5 Å². The lowest BCUT2D eigenvalue weighted by molar-refractivity contribution is -0.0496. The van der Waals surface area contributed by atoms with Gasteiger partial charge in [-0.15, -0.1) is 24.0 Å². The lowest BCUT2D eigenvalue weighted by Gasteiger charge is -2.31. The zero-order chi connectivity index (χ0) is 21.7. The van der Waals surface area contributed by atoms with Crippen molar-refractivity contribution in [2.24, 2.45) is 10.9 Å². The van der Waals surface area contributed by atoms with Crippen LogP contribution in [-0.2, 0) is 16.4 Å². The van der Waals surface area contributed by atoms with Crippen LogP contribution < -0.4 is 10.6 Å². The van der Waals surface area contributed by atoms with Crippen molar-refractivity contribution >= 4 is 40.0 Å². The summed E-state index contributed by atoms with van der Waals surface area (Å²) in [5.41, 5.74) is -1.55. The molecule has 2 rings (SSSR count). The number of aliphatic imine (C=N–C) groups is 1. The summed E-state index contributed by atoms with van der Waals surface area (Å²) in [5, 5.41) is 6.41. The molecular weight excluding hydrogens is 532 g/mol. The summed E-state index contributed by atoms with van der Waals surface area (Å²) in [6.07, 6.45) is 1.60. The molecule has 1 heterocycles. The van der Waals surface area contributed by atoms with E-state index in [1.54, 1.807) is 7.05 Å². The standard InChI is InChI=1S/C19H29F3N4O2S.HI/c1-14-10-15(2)12-17(11-14)4-7-24-18(23-3)25-13-16-5-8-26(9-6-16)29(27,28)19(20,21)22;/h10-12,16H,4-9,13H2,1-3H3,(H2,23,24,25);1H. The predicted octanol–water partition coefficient (Wildman–Crippen LogP) is 3.19.